The van der Waals surface area contributed by atoms with Crippen LogP contribution in [0.5, 0.6) is 0 Å². The average Bonchev–Trinajstić information content (AvgIpc) is 3.31. The van der Waals surface area contributed by atoms with Crippen LogP contribution in [0, 0.1) is 0 Å². The summed E-state index contributed by atoms with van der Waals surface area (Å²) >= 11 is -0.739. The Morgan fingerprint density at radius 2 is 1.54 bits per heavy atom. The third-order valence-corrected chi connectivity index (χ3v) is 9.12. The molecule has 0 amide bonds. The first kappa shape index (κ1) is 21.1. The van der Waals surface area contributed by atoms with E-state index < -0.39 is 23.2 Å². The summed E-state index contributed by atoms with van der Waals surface area (Å²) in [6.45, 7) is 0. The number of nitrogens with one attached hydrogen (secondary N) is 1. The third kappa shape index (κ3) is 3.92. The Hall–Kier alpha value is -1.60. The molecular weight excluding hydrogens is 464 g/mol. The summed E-state index contributed by atoms with van der Waals surface area (Å²) in [5.41, 5.74) is 8.31. The summed E-state index contributed by atoms with van der Waals surface area (Å²) in [4.78, 5) is 0. The van der Waals surface area contributed by atoms with E-state index in [0.29, 0.717) is 3.63 Å². The minimum Gasteiger partial charge on any atom is -1.00 e. The predicted molar refractivity (Wildman–Crippen MR) is 105 cm³/mol. The predicted octanol–water partition coefficient (Wildman–Crippen LogP) is 0.434. The van der Waals surface area contributed by atoms with Crippen molar-refractivity contribution in [3.63, 3.8) is 0 Å². The second-order valence-electron chi connectivity index (χ2n) is 6.75. The van der Waals surface area contributed by atoms with Crippen LogP contribution in [0.1, 0.15) is 21.2 Å². The van der Waals surface area contributed by atoms with Gasteiger partial charge in [0.2, 0.25) is 0 Å². The molecule has 5 rings (SSSR count). The second-order valence-corrected chi connectivity index (χ2v) is 10.5. The molecule has 138 valence electrons. The molecule has 3 aromatic rings. The van der Waals surface area contributed by atoms with Crippen LogP contribution >= 0.6 is 0 Å². The molecule has 2 aliphatic rings. The van der Waals surface area contributed by atoms with E-state index in [1.165, 1.54) is 27.9 Å². The Morgan fingerprint density at radius 3 is 2.32 bits per heavy atom. The van der Waals surface area contributed by atoms with E-state index in [1.54, 1.807) is 3.28 Å². The number of hydrogen-bond donors (Lipinski definition) is 1. The minimum absolute atomic E-state index is 0. The van der Waals surface area contributed by atoms with Crippen molar-refractivity contribution in [3.05, 3.63) is 105 Å². The Labute approximate surface area is 190 Å². The van der Waals surface area contributed by atoms with Crippen molar-refractivity contribution in [1.82, 2.24) is 0 Å². The number of allylic oxidation sites excluding steroid dienone is 4. The Balaban J connectivity index is 0.00000112. The number of hydrogen-bond acceptors (Lipinski definition) is 1. The number of rotatable bonds is 4. The molecule has 28 heavy (non-hydrogen) atoms. The first-order valence-electron chi connectivity index (χ1n) is 9.07. The van der Waals surface area contributed by atoms with Gasteiger partial charge < -0.3 is 24.8 Å². The smallest absolute Gasteiger partial charge is 1.00 e. The molecule has 0 saturated carbocycles. The van der Waals surface area contributed by atoms with Crippen molar-refractivity contribution in [2.24, 2.45) is 0 Å². The molecular formula is C24H19Cl2NZr. The zero-order chi connectivity index (χ0) is 17.3. The summed E-state index contributed by atoms with van der Waals surface area (Å²) in [6, 6.07) is 26.2. The molecule has 0 heterocycles. The van der Waals surface area contributed by atoms with Gasteiger partial charge in [-0.25, -0.2) is 0 Å². The number of fused-ring (bicyclic) bond motifs is 3. The number of benzene rings is 3. The van der Waals surface area contributed by atoms with Crippen molar-refractivity contribution >= 4 is 11.4 Å². The number of anilines is 2. The maximum atomic E-state index is 3.69. The maximum absolute atomic E-state index is 3.69. The molecule has 0 bridgehead atoms. The van der Waals surface area contributed by atoms with Gasteiger partial charge in [0.15, 0.2) is 0 Å². The molecule has 0 radical (unpaired) electrons. The SMILES string of the molecule is C1=CC[C]([Zr+2][CH]2c3ccccc3-c3cccc(Nc4ccccc4)c32)=C1.[Cl-].[Cl-]. The van der Waals surface area contributed by atoms with Gasteiger partial charge in [0, 0.05) is 0 Å². The fraction of sp³-hybridized carbons (Fsp3) is 0.0833. The normalized spacial score (nSPS) is 15.4. The molecule has 4 heteroatoms. The molecule has 1 atom stereocenters. The van der Waals surface area contributed by atoms with Crippen LogP contribution in [0.4, 0.5) is 11.4 Å². The van der Waals surface area contributed by atoms with Gasteiger partial charge in [-0.2, -0.15) is 0 Å². The fourth-order valence-corrected chi connectivity index (χ4v) is 8.02. The second kappa shape index (κ2) is 9.27. The number of halogens is 2. The molecule has 0 saturated heterocycles. The van der Waals surface area contributed by atoms with Crippen molar-refractivity contribution in [1.29, 1.82) is 0 Å². The Bertz CT molecular complexity index is 1030. The van der Waals surface area contributed by atoms with Gasteiger partial charge >= 0.3 is 167 Å². The average molecular weight is 484 g/mol. The van der Waals surface area contributed by atoms with Gasteiger partial charge in [0.05, 0.1) is 0 Å². The topological polar surface area (TPSA) is 12.0 Å². The van der Waals surface area contributed by atoms with Crippen LogP contribution in [0.3, 0.4) is 0 Å². The van der Waals surface area contributed by atoms with Crippen LogP contribution < -0.4 is 30.1 Å². The summed E-state index contributed by atoms with van der Waals surface area (Å²) < 4.78 is 2.28. The monoisotopic (exact) mass is 481 g/mol. The van der Waals surface area contributed by atoms with E-state index in [-0.39, 0.29) is 24.8 Å². The van der Waals surface area contributed by atoms with Gasteiger partial charge in [-0.3, -0.25) is 0 Å². The molecule has 1 N–H and O–H groups in total. The molecule has 2 aliphatic carbocycles. The fourth-order valence-electron chi connectivity index (χ4n) is 3.94. The van der Waals surface area contributed by atoms with E-state index in [4.69, 9.17) is 0 Å². The van der Waals surface area contributed by atoms with Gasteiger partial charge in [0.25, 0.3) is 0 Å². The first-order chi connectivity index (χ1) is 12.9. The van der Waals surface area contributed by atoms with E-state index in [0.717, 1.165) is 12.1 Å². The quantitative estimate of drug-likeness (QED) is 0.568. The largest absolute Gasteiger partial charge is 1.00 e. The minimum atomic E-state index is -0.739. The summed E-state index contributed by atoms with van der Waals surface area (Å²) in [6.07, 6.45) is 8.05. The molecule has 0 aromatic heterocycles. The van der Waals surface area contributed by atoms with Crippen molar-refractivity contribution in [2.45, 2.75) is 10.0 Å². The zero-order valence-electron chi connectivity index (χ0n) is 15.2. The van der Waals surface area contributed by atoms with Crippen molar-refractivity contribution in [2.75, 3.05) is 5.32 Å². The molecule has 1 unspecified atom stereocenters. The molecule has 3 aromatic carbocycles. The van der Waals surface area contributed by atoms with Crippen LogP contribution in [0.25, 0.3) is 11.1 Å². The summed E-state index contributed by atoms with van der Waals surface area (Å²) in [5, 5.41) is 3.69. The van der Waals surface area contributed by atoms with Crippen LogP contribution in [-0.4, -0.2) is 0 Å². The summed E-state index contributed by atoms with van der Waals surface area (Å²) in [5.74, 6) is 0. The van der Waals surface area contributed by atoms with Gasteiger partial charge in [-0.1, -0.05) is 0 Å². The molecule has 1 nitrogen and oxygen atoms in total. The van der Waals surface area contributed by atoms with E-state index in [9.17, 15) is 0 Å². The first-order valence-corrected chi connectivity index (χ1v) is 11.7. The van der Waals surface area contributed by atoms with Crippen LogP contribution in [-0.2, 0) is 23.2 Å². The van der Waals surface area contributed by atoms with Crippen LogP contribution in [0.2, 0.25) is 0 Å². The van der Waals surface area contributed by atoms with Gasteiger partial charge in [0.1, 0.15) is 0 Å². The van der Waals surface area contributed by atoms with Crippen molar-refractivity contribution in [3.8, 4) is 11.1 Å². The van der Waals surface area contributed by atoms with E-state index in [2.05, 4.69) is 96.3 Å². The molecule has 0 spiro atoms. The van der Waals surface area contributed by atoms with Crippen molar-refractivity contribution < 1.29 is 48.0 Å². The Morgan fingerprint density at radius 1 is 0.786 bits per heavy atom. The van der Waals surface area contributed by atoms with Gasteiger partial charge in [-0.05, 0) is 0 Å². The third-order valence-electron chi connectivity index (χ3n) is 5.11. The zero-order valence-corrected chi connectivity index (χ0v) is 19.2. The maximum Gasteiger partial charge on any atom is -1.00 e. The number of para-hydroxylation sites is 1. The Kier molecular flexibility index (Phi) is 6.99. The summed E-state index contributed by atoms with van der Waals surface area (Å²) in [7, 11) is 0. The standard InChI is InChI=1S/C19H14N.C5H5.2ClH.Zr/c1-2-8-15(9-3-1)20-19-12-6-11-17-16-10-5-4-7-14(16)13-18(17)19;1-2-4-5-3-1;;;/h1-13,20H;1-3H,4H2;2*1H;/q;;;;+2/p-2. The van der Waals surface area contributed by atoms with E-state index >= 15 is 0 Å². The van der Waals surface area contributed by atoms with Crippen LogP contribution in [0.15, 0.2) is 94.3 Å². The molecule has 0 fully saturated rings. The molecule has 0 aliphatic heterocycles. The van der Waals surface area contributed by atoms with E-state index in [1.807, 2.05) is 0 Å². The van der Waals surface area contributed by atoms with Gasteiger partial charge in [-0.15, -0.1) is 0 Å².